The fraction of sp³-hybridized carbons (Fsp3) is 0.357. The second-order valence-corrected chi connectivity index (χ2v) is 5.02. The van der Waals surface area contributed by atoms with Gasteiger partial charge in [0.2, 0.25) is 5.95 Å². The number of aryl methyl sites for hydroxylation is 1. The van der Waals surface area contributed by atoms with Gasteiger partial charge in [-0.3, -0.25) is 5.32 Å². The number of hydrogen-bond acceptors (Lipinski definition) is 4. The number of nitrogens with one attached hydrogen (secondary N) is 1. The molecule has 0 saturated carbocycles. The predicted octanol–water partition coefficient (Wildman–Crippen LogP) is 1.56. The zero-order chi connectivity index (χ0) is 15.5. The molecule has 1 aromatic carbocycles. The van der Waals surface area contributed by atoms with Gasteiger partial charge in [0.15, 0.2) is 0 Å². The standard InChI is InChI=1S/C14H16FN5O2/c1-19-9-16-18-13(19)17-14(21)20-6-7-22-12(8-20)10-4-2-3-5-11(10)15/h2-5,9,12H,6-8H2,1H3,(H,17,18,21)/t12-/m1/s1. The lowest BCUT2D eigenvalue weighted by atomic mass is 10.1. The van der Waals surface area contributed by atoms with Gasteiger partial charge in [0.25, 0.3) is 0 Å². The normalized spacial score (nSPS) is 18.3. The van der Waals surface area contributed by atoms with Gasteiger partial charge in [0, 0.05) is 19.2 Å². The van der Waals surface area contributed by atoms with Gasteiger partial charge >= 0.3 is 6.03 Å². The van der Waals surface area contributed by atoms with Crippen molar-refractivity contribution in [3.8, 4) is 0 Å². The molecule has 1 saturated heterocycles. The van der Waals surface area contributed by atoms with Crippen molar-refractivity contribution in [2.75, 3.05) is 25.0 Å². The van der Waals surface area contributed by atoms with Crippen molar-refractivity contribution in [1.29, 1.82) is 0 Å². The van der Waals surface area contributed by atoms with E-state index in [-0.39, 0.29) is 18.4 Å². The maximum Gasteiger partial charge on any atom is 0.324 e. The monoisotopic (exact) mass is 305 g/mol. The molecule has 8 heteroatoms. The van der Waals surface area contributed by atoms with Crippen molar-refractivity contribution in [2.45, 2.75) is 6.10 Å². The van der Waals surface area contributed by atoms with Crippen LogP contribution in [-0.4, -0.2) is 45.4 Å². The van der Waals surface area contributed by atoms with Gasteiger partial charge in [0.1, 0.15) is 18.2 Å². The van der Waals surface area contributed by atoms with Crippen molar-refractivity contribution in [2.24, 2.45) is 7.05 Å². The van der Waals surface area contributed by atoms with E-state index in [0.29, 0.717) is 24.7 Å². The minimum absolute atomic E-state index is 0.282. The number of morpholine rings is 1. The third kappa shape index (κ3) is 2.91. The maximum atomic E-state index is 13.8. The summed E-state index contributed by atoms with van der Waals surface area (Å²) in [5.41, 5.74) is 0.457. The largest absolute Gasteiger partial charge is 0.370 e. The van der Waals surface area contributed by atoms with Crippen LogP contribution in [-0.2, 0) is 11.8 Å². The molecule has 0 unspecified atom stereocenters. The van der Waals surface area contributed by atoms with Crippen molar-refractivity contribution in [3.05, 3.63) is 42.0 Å². The number of anilines is 1. The summed E-state index contributed by atoms with van der Waals surface area (Å²) in [4.78, 5) is 13.8. The molecule has 1 aliphatic heterocycles. The van der Waals surface area contributed by atoms with E-state index >= 15 is 0 Å². The molecule has 1 fully saturated rings. The van der Waals surface area contributed by atoms with Crippen LogP contribution in [0.3, 0.4) is 0 Å². The zero-order valence-electron chi connectivity index (χ0n) is 12.1. The van der Waals surface area contributed by atoms with E-state index in [0.717, 1.165) is 0 Å². The molecule has 0 aliphatic carbocycles. The number of rotatable bonds is 2. The number of urea groups is 1. The Labute approximate surface area is 126 Å². The number of carbonyl (C=O) groups excluding carboxylic acids is 1. The summed E-state index contributed by atoms with van der Waals surface area (Å²) < 4.78 is 21.0. The molecule has 2 aromatic rings. The number of aromatic nitrogens is 3. The molecular formula is C14H16FN5O2. The highest BCUT2D eigenvalue weighted by molar-refractivity contribution is 5.87. The van der Waals surface area contributed by atoms with Crippen LogP contribution in [0.4, 0.5) is 15.1 Å². The fourth-order valence-corrected chi connectivity index (χ4v) is 2.33. The SMILES string of the molecule is Cn1cnnc1NC(=O)N1CCO[C@@H](c2ccccc2F)C1. The number of benzene rings is 1. The van der Waals surface area contributed by atoms with Crippen molar-refractivity contribution >= 4 is 12.0 Å². The molecule has 0 radical (unpaired) electrons. The average Bonchev–Trinajstić information content (AvgIpc) is 2.93. The molecule has 0 bridgehead atoms. The molecule has 2 amide bonds. The number of ether oxygens (including phenoxy) is 1. The molecule has 116 valence electrons. The second kappa shape index (κ2) is 6.10. The van der Waals surface area contributed by atoms with Gasteiger partial charge in [-0.25, -0.2) is 9.18 Å². The Hall–Kier alpha value is -2.48. The van der Waals surface area contributed by atoms with Gasteiger partial charge in [-0.1, -0.05) is 18.2 Å². The van der Waals surface area contributed by atoms with E-state index in [1.807, 2.05) is 0 Å². The third-order valence-corrected chi connectivity index (χ3v) is 3.54. The molecule has 0 spiro atoms. The molecule has 7 nitrogen and oxygen atoms in total. The van der Waals surface area contributed by atoms with E-state index in [1.165, 1.54) is 12.4 Å². The molecule has 2 heterocycles. The summed E-state index contributed by atoms with van der Waals surface area (Å²) in [5.74, 6) is 0.0296. The van der Waals surface area contributed by atoms with Crippen LogP contribution in [0, 0.1) is 5.82 Å². The van der Waals surface area contributed by atoms with Gasteiger partial charge < -0.3 is 14.2 Å². The summed E-state index contributed by atoms with van der Waals surface area (Å²) >= 11 is 0. The molecule has 22 heavy (non-hydrogen) atoms. The Kier molecular flexibility index (Phi) is 4.01. The van der Waals surface area contributed by atoms with E-state index in [9.17, 15) is 9.18 Å². The number of halogens is 1. The highest BCUT2D eigenvalue weighted by Crippen LogP contribution is 2.24. The van der Waals surface area contributed by atoms with Crippen LogP contribution >= 0.6 is 0 Å². The second-order valence-electron chi connectivity index (χ2n) is 5.02. The van der Waals surface area contributed by atoms with Crippen LogP contribution in [0.1, 0.15) is 11.7 Å². The van der Waals surface area contributed by atoms with Crippen LogP contribution < -0.4 is 5.32 Å². The summed E-state index contributed by atoms with van der Waals surface area (Å²) in [6.45, 7) is 1.07. The third-order valence-electron chi connectivity index (χ3n) is 3.54. The van der Waals surface area contributed by atoms with Crippen molar-refractivity contribution < 1.29 is 13.9 Å². The highest BCUT2D eigenvalue weighted by atomic mass is 19.1. The lowest BCUT2D eigenvalue weighted by molar-refractivity contribution is -0.0152. The van der Waals surface area contributed by atoms with Crippen LogP contribution in [0.25, 0.3) is 0 Å². The molecule has 1 N–H and O–H groups in total. The predicted molar refractivity (Wildman–Crippen MR) is 76.7 cm³/mol. The van der Waals surface area contributed by atoms with E-state index in [4.69, 9.17) is 4.74 Å². The van der Waals surface area contributed by atoms with Crippen LogP contribution in [0.2, 0.25) is 0 Å². The van der Waals surface area contributed by atoms with Crippen molar-refractivity contribution in [3.63, 3.8) is 0 Å². The van der Waals surface area contributed by atoms with E-state index < -0.39 is 6.10 Å². The maximum absolute atomic E-state index is 13.8. The first-order valence-electron chi connectivity index (χ1n) is 6.91. The Balaban J connectivity index is 1.69. The fourth-order valence-electron chi connectivity index (χ4n) is 2.33. The quantitative estimate of drug-likeness (QED) is 0.914. The number of hydrogen-bond donors (Lipinski definition) is 1. The van der Waals surface area contributed by atoms with Gasteiger partial charge in [0.05, 0.1) is 13.2 Å². The highest BCUT2D eigenvalue weighted by Gasteiger charge is 2.27. The Morgan fingerprint density at radius 2 is 2.27 bits per heavy atom. The van der Waals surface area contributed by atoms with Gasteiger partial charge in [-0.2, -0.15) is 0 Å². The van der Waals surface area contributed by atoms with Crippen LogP contribution in [0.15, 0.2) is 30.6 Å². The molecule has 1 atom stereocenters. The van der Waals surface area contributed by atoms with Gasteiger partial charge in [-0.15, -0.1) is 10.2 Å². The van der Waals surface area contributed by atoms with Crippen molar-refractivity contribution in [1.82, 2.24) is 19.7 Å². The summed E-state index contributed by atoms with van der Waals surface area (Å²) in [7, 11) is 1.73. The van der Waals surface area contributed by atoms with E-state index in [2.05, 4.69) is 15.5 Å². The summed E-state index contributed by atoms with van der Waals surface area (Å²) in [6, 6.07) is 6.13. The molecule has 3 rings (SSSR count). The number of nitrogens with zero attached hydrogens (tertiary/aromatic N) is 4. The topological polar surface area (TPSA) is 72.3 Å². The minimum Gasteiger partial charge on any atom is -0.370 e. The minimum atomic E-state index is -0.472. The average molecular weight is 305 g/mol. The zero-order valence-corrected chi connectivity index (χ0v) is 12.1. The smallest absolute Gasteiger partial charge is 0.324 e. The molecular weight excluding hydrogens is 289 g/mol. The molecule has 1 aromatic heterocycles. The summed E-state index contributed by atoms with van der Waals surface area (Å²) in [6.07, 6.45) is 1.03. The first kappa shape index (κ1) is 14.5. The Morgan fingerprint density at radius 3 is 3.00 bits per heavy atom. The Bertz CT molecular complexity index is 675. The lowest BCUT2D eigenvalue weighted by Gasteiger charge is -2.33. The number of carbonyl (C=O) groups is 1. The summed E-state index contributed by atoms with van der Waals surface area (Å²) in [5, 5.41) is 10.2. The van der Waals surface area contributed by atoms with E-state index in [1.54, 1.807) is 34.7 Å². The first-order chi connectivity index (χ1) is 10.6. The van der Waals surface area contributed by atoms with Gasteiger partial charge in [-0.05, 0) is 6.07 Å². The molecule has 1 aliphatic rings. The lowest BCUT2D eigenvalue weighted by Crippen LogP contribution is -2.44. The van der Waals surface area contributed by atoms with Crippen LogP contribution in [0.5, 0.6) is 0 Å². The number of amides is 2. The Morgan fingerprint density at radius 1 is 1.45 bits per heavy atom. The first-order valence-corrected chi connectivity index (χ1v) is 6.91.